The number of benzene rings is 6. The van der Waals surface area contributed by atoms with E-state index < -0.39 is 8.07 Å². The van der Waals surface area contributed by atoms with Crippen molar-refractivity contribution in [1.82, 2.24) is 0 Å². The highest BCUT2D eigenvalue weighted by molar-refractivity contribution is 7.14. The lowest BCUT2D eigenvalue weighted by Gasteiger charge is -2.49. The van der Waals surface area contributed by atoms with Gasteiger partial charge in [0.25, 0.3) is 0 Å². The van der Waals surface area contributed by atoms with E-state index in [1.165, 1.54) is 82.4 Å². The number of hydrogen-bond donors (Lipinski definition) is 0. The molecule has 61 heavy (non-hydrogen) atoms. The predicted octanol–water partition coefficient (Wildman–Crippen LogP) is 13.9. The summed E-state index contributed by atoms with van der Waals surface area (Å²) < 4.78 is 0. The Labute approximate surface area is 370 Å². The van der Waals surface area contributed by atoms with Crippen LogP contribution in [-0.2, 0) is 35.5 Å². The molecule has 0 nitrogen and oxygen atoms in total. The lowest BCUT2D eigenvalue weighted by atomic mass is 9.86. The second-order valence-electron chi connectivity index (χ2n) is 21.4. The Morgan fingerprint density at radius 3 is 0.918 bits per heavy atom. The highest BCUT2D eigenvalue weighted by Crippen LogP contribution is 2.53. The molecule has 1 unspecified atom stereocenters. The summed E-state index contributed by atoms with van der Waals surface area (Å²) in [5.41, 5.74) is 17.1. The quantitative estimate of drug-likeness (QED) is 0.0954. The van der Waals surface area contributed by atoms with E-state index in [-0.39, 0.29) is 21.3 Å². The smallest absolute Gasteiger partial charge is 0.0730 e. The molecule has 0 saturated carbocycles. The maximum absolute atomic E-state index is 3.11. The third-order valence-corrected chi connectivity index (χ3v) is 20.1. The minimum absolute atomic E-state index is 0.106. The highest BCUT2D eigenvalue weighted by Gasteiger charge is 2.58. The molecule has 7 rings (SSSR count). The van der Waals surface area contributed by atoms with Crippen LogP contribution >= 0.6 is 0 Å². The number of hydrogen-bond acceptors (Lipinski definition) is 0. The molecule has 0 bridgehead atoms. The predicted molar refractivity (Wildman–Crippen MR) is 268 cm³/mol. The van der Waals surface area contributed by atoms with Crippen LogP contribution in [-0.4, -0.2) is 8.07 Å². The largest absolute Gasteiger partial charge is 0.162 e. The Bertz CT molecular complexity index is 2310. The second kappa shape index (κ2) is 16.7. The minimum Gasteiger partial charge on any atom is -0.0730 e. The van der Waals surface area contributed by atoms with Crippen LogP contribution in [0.3, 0.4) is 0 Å². The Kier molecular flexibility index (Phi) is 12.1. The molecule has 1 atom stereocenters. The molecule has 0 N–H and O–H groups in total. The van der Waals surface area contributed by atoms with Crippen molar-refractivity contribution < 1.29 is 0 Å². The zero-order valence-corrected chi connectivity index (χ0v) is 40.6. The fraction of sp³-hybridized carbons (Fsp3) is 0.333. The lowest BCUT2D eigenvalue weighted by molar-refractivity contribution is 0.590. The van der Waals surface area contributed by atoms with Gasteiger partial charge in [0.2, 0.25) is 0 Å². The molecule has 0 fully saturated rings. The van der Waals surface area contributed by atoms with Crippen LogP contribution in [0.25, 0.3) is 0 Å². The average Bonchev–Trinajstić information content (AvgIpc) is 3.41. The van der Waals surface area contributed by atoms with Gasteiger partial charge in [-0.3, -0.25) is 0 Å². The molecule has 1 heteroatoms. The highest BCUT2D eigenvalue weighted by atomic mass is 28.3. The van der Waals surface area contributed by atoms with Gasteiger partial charge in [-0.05, 0) is 127 Å². The zero-order valence-electron chi connectivity index (χ0n) is 39.6. The van der Waals surface area contributed by atoms with Crippen molar-refractivity contribution in [2.45, 2.75) is 131 Å². The summed E-state index contributed by atoms with van der Waals surface area (Å²) >= 11 is 0. The van der Waals surface area contributed by atoms with E-state index in [1.807, 2.05) is 0 Å². The molecule has 1 aliphatic carbocycles. The van der Waals surface area contributed by atoms with Gasteiger partial charge in [-0.1, -0.05) is 232 Å². The molecule has 0 aliphatic heterocycles. The van der Waals surface area contributed by atoms with Crippen molar-refractivity contribution >= 4 is 23.6 Å². The summed E-state index contributed by atoms with van der Waals surface area (Å²) in [5, 5.41) is 4.29. The Hall–Kier alpha value is -4.98. The molecular formula is C60H70Si. The Morgan fingerprint density at radius 2 is 0.672 bits per heavy atom. The molecule has 0 amide bonds. The molecule has 0 saturated heterocycles. The van der Waals surface area contributed by atoms with E-state index in [0.29, 0.717) is 0 Å². The van der Waals surface area contributed by atoms with Gasteiger partial charge < -0.3 is 0 Å². The third kappa shape index (κ3) is 8.61. The maximum Gasteiger partial charge on any atom is 0.162 e. The first-order valence-electron chi connectivity index (χ1n) is 22.6. The van der Waals surface area contributed by atoms with Crippen LogP contribution < -0.4 is 15.6 Å². The summed E-state index contributed by atoms with van der Waals surface area (Å²) in [5.74, 6) is 0. The molecule has 314 valence electrons. The van der Waals surface area contributed by atoms with Crippen molar-refractivity contribution in [3.63, 3.8) is 0 Å². The summed E-state index contributed by atoms with van der Waals surface area (Å²) in [4.78, 5) is 0. The first-order valence-corrected chi connectivity index (χ1v) is 24.6. The van der Waals surface area contributed by atoms with Gasteiger partial charge in [0, 0.05) is 5.04 Å². The van der Waals surface area contributed by atoms with E-state index >= 15 is 0 Å². The monoisotopic (exact) mass is 819 g/mol. The summed E-state index contributed by atoms with van der Waals surface area (Å²) in [6.07, 6.45) is 5.32. The van der Waals surface area contributed by atoms with Crippen LogP contribution in [0.4, 0.5) is 0 Å². The van der Waals surface area contributed by atoms with Crippen LogP contribution in [0.2, 0.25) is 5.04 Å². The SMILES string of the molecule is CC1=CC(C)([Si](c2ccccc2Cc2ccc(C(C)(C)C)cc2)(c2ccccc2Cc2ccc(C(C)(C)C)cc2)c2ccccc2Cc2ccc(C(C)(C)C)cc2)C(C)=C1C. The van der Waals surface area contributed by atoms with Crippen LogP contribution in [0, 0.1) is 0 Å². The van der Waals surface area contributed by atoms with E-state index in [1.54, 1.807) is 0 Å². The second-order valence-corrected chi connectivity index (χ2v) is 25.5. The normalized spacial score (nSPS) is 16.2. The summed E-state index contributed by atoms with van der Waals surface area (Å²) in [6.45, 7) is 30.5. The Morgan fingerprint density at radius 1 is 0.393 bits per heavy atom. The van der Waals surface area contributed by atoms with Gasteiger partial charge in [-0.25, -0.2) is 0 Å². The average molecular weight is 819 g/mol. The first kappa shape index (κ1) is 44.1. The fourth-order valence-corrected chi connectivity index (χ4v) is 16.9. The molecule has 0 radical (unpaired) electrons. The van der Waals surface area contributed by atoms with Gasteiger partial charge in [0.15, 0.2) is 8.07 Å². The molecule has 6 aromatic carbocycles. The van der Waals surface area contributed by atoms with Crippen molar-refractivity contribution in [2.24, 2.45) is 0 Å². The van der Waals surface area contributed by atoms with Crippen LogP contribution in [0.1, 0.15) is 140 Å². The first-order chi connectivity index (χ1) is 28.7. The minimum atomic E-state index is -3.11. The van der Waals surface area contributed by atoms with E-state index in [2.05, 4.69) is 242 Å². The summed E-state index contributed by atoms with van der Waals surface area (Å²) in [6, 6.07) is 57.1. The van der Waals surface area contributed by atoms with Gasteiger partial charge in [0.1, 0.15) is 0 Å². The molecular weight excluding hydrogens is 749 g/mol. The molecule has 0 spiro atoms. The van der Waals surface area contributed by atoms with Crippen molar-refractivity contribution in [1.29, 1.82) is 0 Å². The third-order valence-electron chi connectivity index (χ3n) is 14.1. The van der Waals surface area contributed by atoms with Crippen molar-refractivity contribution in [3.8, 4) is 0 Å². The number of rotatable bonds is 10. The number of allylic oxidation sites excluding steroid dienone is 4. The van der Waals surface area contributed by atoms with Crippen molar-refractivity contribution in [2.75, 3.05) is 0 Å². The van der Waals surface area contributed by atoms with E-state index in [9.17, 15) is 0 Å². The molecule has 0 aromatic heterocycles. The summed E-state index contributed by atoms with van der Waals surface area (Å²) in [7, 11) is -3.11. The van der Waals surface area contributed by atoms with Gasteiger partial charge in [0.05, 0.1) is 0 Å². The van der Waals surface area contributed by atoms with Gasteiger partial charge in [-0.2, -0.15) is 0 Å². The molecule has 1 aliphatic rings. The van der Waals surface area contributed by atoms with Crippen LogP contribution in [0.15, 0.2) is 168 Å². The topological polar surface area (TPSA) is 0 Å². The Balaban J connectivity index is 1.55. The molecule has 6 aromatic rings. The fourth-order valence-electron chi connectivity index (χ4n) is 10.1. The lowest BCUT2D eigenvalue weighted by Crippen LogP contribution is -2.75. The van der Waals surface area contributed by atoms with Crippen molar-refractivity contribution in [3.05, 3.63) is 218 Å². The van der Waals surface area contributed by atoms with Crippen LogP contribution in [0.5, 0.6) is 0 Å². The van der Waals surface area contributed by atoms with E-state index in [4.69, 9.17) is 0 Å². The van der Waals surface area contributed by atoms with E-state index in [0.717, 1.165) is 19.3 Å². The molecule has 0 heterocycles. The van der Waals surface area contributed by atoms with Gasteiger partial charge in [-0.15, -0.1) is 0 Å². The standard InChI is InChI=1S/C60H70Si/c1-42-41-60(13,44(3)43(42)2)61(54-23-17-14-20-48(54)38-45-26-32-51(33-27-45)57(4,5)6,55-24-18-15-21-49(55)39-46-28-34-52(35-29-46)58(7,8)9)56-25-19-16-22-50(56)40-47-30-36-53(37-31-47)59(10,11)12/h14-37,41H,38-40H2,1-13H3. The van der Waals surface area contributed by atoms with Gasteiger partial charge >= 0.3 is 0 Å². The maximum atomic E-state index is 2.68. The zero-order chi connectivity index (χ0) is 44.0.